The normalized spacial score (nSPS) is 11.2. The lowest BCUT2D eigenvalue weighted by Gasteiger charge is -2.13. The van der Waals surface area contributed by atoms with Gasteiger partial charge in [-0.2, -0.15) is 16.9 Å². The van der Waals surface area contributed by atoms with Gasteiger partial charge in [0.25, 0.3) is 0 Å². The third kappa shape index (κ3) is 3.82. The van der Waals surface area contributed by atoms with Crippen LogP contribution in [0.1, 0.15) is 6.92 Å². The number of fused-ring (bicyclic) bond motifs is 1. The molecular formula is C18H15Cl3N2OS. The van der Waals surface area contributed by atoms with Gasteiger partial charge in [0.1, 0.15) is 5.69 Å². The van der Waals surface area contributed by atoms with Gasteiger partial charge in [0.2, 0.25) is 5.43 Å². The fourth-order valence-electron chi connectivity index (χ4n) is 2.59. The highest BCUT2D eigenvalue weighted by Crippen LogP contribution is 2.31. The number of hydrogen-bond donors (Lipinski definition) is 0. The van der Waals surface area contributed by atoms with Gasteiger partial charge in [-0.25, -0.2) is 0 Å². The van der Waals surface area contributed by atoms with Gasteiger partial charge in [0.15, 0.2) is 0 Å². The van der Waals surface area contributed by atoms with E-state index in [0.717, 1.165) is 17.0 Å². The Morgan fingerprint density at radius 3 is 2.72 bits per heavy atom. The Hall–Kier alpha value is -1.20. The lowest BCUT2D eigenvalue weighted by Crippen LogP contribution is -2.17. The zero-order chi connectivity index (χ0) is 18.0. The van der Waals surface area contributed by atoms with Gasteiger partial charge in [0, 0.05) is 21.7 Å². The van der Waals surface area contributed by atoms with E-state index in [1.807, 2.05) is 16.4 Å². The molecule has 0 radical (unpaired) electrons. The second-order valence-corrected chi connectivity index (χ2v) is 7.98. The van der Waals surface area contributed by atoms with Crippen molar-refractivity contribution in [3.05, 3.63) is 61.7 Å². The quantitative estimate of drug-likeness (QED) is 0.497. The second kappa shape index (κ2) is 8.00. The molecule has 0 aliphatic rings. The molecule has 130 valence electrons. The Bertz CT molecular complexity index is 988. The number of rotatable bonds is 5. The summed E-state index contributed by atoms with van der Waals surface area (Å²) in [7, 11) is 0. The predicted octanol–water partition coefficient (Wildman–Crippen LogP) is 5.78. The van der Waals surface area contributed by atoms with Crippen molar-refractivity contribution >= 4 is 57.5 Å². The average Bonchev–Trinajstić information content (AvgIpc) is 2.60. The first-order chi connectivity index (χ1) is 12.0. The molecule has 0 aliphatic carbocycles. The van der Waals surface area contributed by atoms with Crippen LogP contribution in [0, 0.1) is 0 Å². The number of halogens is 3. The van der Waals surface area contributed by atoms with Crippen molar-refractivity contribution in [2.24, 2.45) is 0 Å². The first-order valence-electron chi connectivity index (χ1n) is 7.75. The topological polar surface area (TPSA) is 34.9 Å². The molecule has 0 saturated heterocycles. The minimum Gasteiger partial charge on any atom is -0.287 e. The summed E-state index contributed by atoms with van der Waals surface area (Å²) >= 11 is 20.3. The molecule has 0 N–H and O–H groups in total. The van der Waals surface area contributed by atoms with Crippen LogP contribution in [0.3, 0.4) is 0 Å². The Kier molecular flexibility index (Phi) is 5.95. The molecule has 3 rings (SSSR count). The van der Waals surface area contributed by atoms with Crippen LogP contribution in [0.2, 0.25) is 15.1 Å². The number of hydrogen-bond acceptors (Lipinski definition) is 3. The van der Waals surface area contributed by atoms with E-state index in [9.17, 15) is 4.79 Å². The fraction of sp³-hybridized carbons (Fsp3) is 0.222. The van der Waals surface area contributed by atoms with Crippen LogP contribution in [0.5, 0.6) is 0 Å². The summed E-state index contributed by atoms with van der Waals surface area (Å²) in [5, 5.41) is 6.43. The summed E-state index contributed by atoms with van der Waals surface area (Å²) in [6, 6.07) is 10.4. The van der Waals surface area contributed by atoms with E-state index in [1.54, 1.807) is 36.4 Å². The fourth-order valence-corrected chi connectivity index (χ4v) is 3.73. The monoisotopic (exact) mass is 412 g/mol. The van der Waals surface area contributed by atoms with Crippen LogP contribution in [0.15, 0.2) is 41.2 Å². The van der Waals surface area contributed by atoms with E-state index < -0.39 is 0 Å². The van der Waals surface area contributed by atoms with Crippen LogP contribution in [0.25, 0.3) is 22.2 Å². The van der Waals surface area contributed by atoms with Gasteiger partial charge in [-0.3, -0.25) is 9.48 Å². The smallest absolute Gasteiger partial charge is 0.215 e. The molecule has 0 aliphatic heterocycles. The minimum atomic E-state index is -0.185. The van der Waals surface area contributed by atoms with Crippen molar-refractivity contribution in [3.8, 4) is 11.3 Å². The maximum absolute atomic E-state index is 13.0. The molecule has 3 nitrogen and oxygen atoms in total. The highest BCUT2D eigenvalue weighted by molar-refractivity contribution is 7.99. The third-order valence-corrected chi connectivity index (χ3v) is 5.71. The summed E-state index contributed by atoms with van der Waals surface area (Å²) in [5.74, 6) is 1.91. The lowest BCUT2D eigenvalue weighted by atomic mass is 10.1. The predicted molar refractivity (Wildman–Crippen MR) is 109 cm³/mol. The maximum Gasteiger partial charge on any atom is 0.215 e. The van der Waals surface area contributed by atoms with Crippen LogP contribution >= 0.6 is 46.6 Å². The zero-order valence-electron chi connectivity index (χ0n) is 13.4. The largest absolute Gasteiger partial charge is 0.287 e. The average molecular weight is 414 g/mol. The van der Waals surface area contributed by atoms with E-state index in [4.69, 9.17) is 34.8 Å². The first-order valence-corrected chi connectivity index (χ1v) is 10.0. The number of thioether (sulfide) groups is 1. The van der Waals surface area contributed by atoms with Crippen molar-refractivity contribution in [2.45, 2.75) is 13.5 Å². The Morgan fingerprint density at radius 2 is 1.96 bits per heavy atom. The minimum absolute atomic E-state index is 0.185. The van der Waals surface area contributed by atoms with Gasteiger partial charge in [0.05, 0.1) is 22.1 Å². The molecule has 1 heterocycles. The molecule has 0 saturated carbocycles. The maximum atomic E-state index is 13.0. The SMILES string of the molecule is CCSCCn1nc(-c2cccc(Cl)c2Cl)c(=O)c2ccc(Cl)cc21. The van der Waals surface area contributed by atoms with Crippen molar-refractivity contribution in [1.29, 1.82) is 0 Å². The molecule has 7 heteroatoms. The van der Waals surface area contributed by atoms with E-state index >= 15 is 0 Å². The molecule has 1 aromatic heterocycles. The molecule has 0 unspecified atom stereocenters. The van der Waals surface area contributed by atoms with Gasteiger partial charge in [-0.15, -0.1) is 0 Å². The molecule has 3 aromatic rings. The van der Waals surface area contributed by atoms with Crippen molar-refractivity contribution in [3.63, 3.8) is 0 Å². The van der Waals surface area contributed by atoms with Crippen LogP contribution in [-0.2, 0) is 6.54 Å². The second-order valence-electron chi connectivity index (χ2n) is 5.36. The van der Waals surface area contributed by atoms with Gasteiger partial charge >= 0.3 is 0 Å². The van der Waals surface area contributed by atoms with E-state index in [2.05, 4.69) is 12.0 Å². The van der Waals surface area contributed by atoms with Crippen molar-refractivity contribution in [1.82, 2.24) is 9.78 Å². The number of aryl methyl sites for hydroxylation is 1. The van der Waals surface area contributed by atoms with E-state index in [-0.39, 0.29) is 5.43 Å². The highest BCUT2D eigenvalue weighted by Gasteiger charge is 2.16. The van der Waals surface area contributed by atoms with Crippen LogP contribution in [-0.4, -0.2) is 21.3 Å². The van der Waals surface area contributed by atoms with Crippen LogP contribution < -0.4 is 5.43 Å². The van der Waals surface area contributed by atoms with Crippen molar-refractivity contribution in [2.75, 3.05) is 11.5 Å². The molecule has 2 aromatic carbocycles. The zero-order valence-corrected chi connectivity index (χ0v) is 16.5. The summed E-state index contributed by atoms with van der Waals surface area (Å²) in [6.07, 6.45) is 0. The molecule has 0 atom stereocenters. The van der Waals surface area contributed by atoms with Crippen molar-refractivity contribution < 1.29 is 0 Å². The van der Waals surface area contributed by atoms with Gasteiger partial charge in [-0.1, -0.05) is 53.9 Å². The molecule has 25 heavy (non-hydrogen) atoms. The Morgan fingerprint density at radius 1 is 1.16 bits per heavy atom. The van der Waals surface area contributed by atoms with E-state index in [1.165, 1.54) is 0 Å². The van der Waals surface area contributed by atoms with Gasteiger partial charge < -0.3 is 0 Å². The molecule has 0 bridgehead atoms. The summed E-state index contributed by atoms with van der Waals surface area (Å²) < 4.78 is 1.82. The number of aromatic nitrogens is 2. The molecular weight excluding hydrogens is 399 g/mol. The molecule has 0 amide bonds. The van der Waals surface area contributed by atoms with Crippen LogP contribution in [0.4, 0.5) is 0 Å². The lowest BCUT2D eigenvalue weighted by molar-refractivity contribution is 0.679. The third-order valence-electron chi connectivity index (χ3n) is 3.78. The first kappa shape index (κ1) is 18.6. The Balaban J connectivity index is 2.26. The molecule has 0 spiro atoms. The standard InChI is InChI=1S/C18H15Cl3N2OS/c1-2-25-9-8-23-15-10-11(19)6-7-12(15)18(24)17(22-23)13-4-3-5-14(20)16(13)21/h3-7,10H,2,8-9H2,1H3. The molecule has 0 fully saturated rings. The summed E-state index contributed by atoms with van der Waals surface area (Å²) in [4.78, 5) is 13.0. The highest BCUT2D eigenvalue weighted by atomic mass is 35.5. The summed E-state index contributed by atoms with van der Waals surface area (Å²) in [6.45, 7) is 2.77. The van der Waals surface area contributed by atoms with Gasteiger partial charge in [-0.05, 0) is 30.0 Å². The number of nitrogens with zero attached hydrogens (tertiary/aromatic N) is 2. The Labute approximate surface area is 164 Å². The number of benzene rings is 2. The van der Waals surface area contributed by atoms with E-state index in [0.29, 0.717) is 38.3 Å². The summed E-state index contributed by atoms with van der Waals surface area (Å²) in [5.41, 5.74) is 1.36.